The van der Waals surface area contributed by atoms with Crippen molar-refractivity contribution >= 4 is 46.2 Å². The molecule has 0 saturated carbocycles. The van der Waals surface area contributed by atoms with Gasteiger partial charge in [0.15, 0.2) is 5.11 Å². The Kier molecular flexibility index (Phi) is 6.56. The summed E-state index contributed by atoms with van der Waals surface area (Å²) in [7, 11) is 0. The first-order chi connectivity index (χ1) is 12.8. The van der Waals surface area contributed by atoms with Gasteiger partial charge in [-0.1, -0.05) is 13.0 Å². The van der Waals surface area contributed by atoms with E-state index in [0.29, 0.717) is 17.8 Å². The Morgan fingerprint density at radius 1 is 1.07 bits per heavy atom. The number of anilines is 2. The summed E-state index contributed by atoms with van der Waals surface area (Å²) in [6, 6.07) is 11.1. The van der Waals surface area contributed by atoms with Gasteiger partial charge in [0.05, 0.1) is 4.92 Å². The number of nitrogens with zero attached hydrogens (tertiary/aromatic N) is 1. The second-order valence-electron chi connectivity index (χ2n) is 5.59. The zero-order chi connectivity index (χ0) is 20.0. The van der Waals surface area contributed by atoms with Crippen LogP contribution in [0.2, 0.25) is 0 Å². The molecule has 0 spiro atoms. The van der Waals surface area contributed by atoms with Gasteiger partial charge in [-0.2, -0.15) is 0 Å². The number of carbonyl (C=O) groups excluding carboxylic acids is 2. The minimum atomic E-state index is -0.541. The van der Waals surface area contributed by atoms with Crippen LogP contribution in [0.4, 0.5) is 17.1 Å². The number of nitro groups is 1. The van der Waals surface area contributed by atoms with Gasteiger partial charge in [0.2, 0.25) is 5.91 Å². The highest BCUT2D eigenvalue weighted by Gasteiger charge is 2.18. The molecular weight excluding hydrogens is 368 g/mol. The van der Waals surface area contributed by atoms with Crippen LogP contribution in [0.5, 0.6) is 0 Å². The molecule has 0 atom stereocenters. The Morgan fingerprint density at radius 2 is 1.67 bits per heavy atom. The fourth-order valence-corrected chi connectivity index (χ4v) is 2.50. The van der Waals surface area contributed by atoms with Crippen LogP contribution in [0.15, 0.2) is 42.5 Å². The fourth-order valence-electron chi connectivity index (χ4n) is 2.29. The fraction of sp³-hybridized carbons (Fsp3) is 0.167. The first-order valence-corrected chi connectivity index (χ1v) is 8.49. The summed E-state index contributed by atoms with van der Waals surface area (Å²) in [5, 5.41) is 19.1. The lowest BCUT2D eigenvalue weighted by molar-refractivity contribution is -0.385. The molecule has 3 N–H and O–H groups in total. The molecule has 2 rings (SSSR count). The Bertz CT molecular complexity index is 897. The van der Waals surface area contributed by atoms with Gasteiger partial charge in [0.1, 0.15) is 0 Å². The number of nitro benzene ring substituents is 1. The third-order valence-electron chi connectivity index (χ3n) is 3.72. The van der Waals surface area contributed by atoms with E-state index in [4.69, 9.17) is 12.2 Å². The monoisotopic (exact) mass is 386 g/mol. The quantitative estimate of drug-likeness (QED) is 0.412. The van der Waals surface area contributed by atoms with Gasteiger partial charge in [0, 0.05) is 35.0 Å². The van der Waals surface area contributed by atoms with Crippen LogP contribution in [-0.2, 0) is 4.79 Å². The number of hydrogen-bond donors (Lipinski definition) is 3. The molecule has 2 amide bonds. The molecule has 0 fully saturated rings. The van der Waals surface area contributed by atoms with E-state index in [1.54, 1.807) is 31.2 Å². The van der Waals surface area contributed by atoms with E-state index in [1.807, 2.05) is 0 Å². The predicted molar refractivity (Wildman–Crippen MR) is 107 cm³/mol. The molecule has 0 unspecified atom stereocenters. The van der Waals surface area contributed by atoms with Gasteiger partial charge in [-0.05, 0) is 49.5 Å². The van der Waals surface area contributed by atoms with Crippen molar-refractivity contribution in [1.29, 1.82) is 0 Å². The zero-order valence-corrected chi connectivity index (χ0v) is 15.6. The standard InChI is InChI=1S/C18H18N4O4S/c1-3-16(23)19-12-7-9-13(10-8-12)20-18(27)21-17(24)14-5-4-6-15(11(14)2)22(25)26/h4-10H,3H2,1-2H3,(H,19,23)(H2,20,21,24,27). The molecule has 0 aliphatic rings. The lowest BCUT2D eigenvalue weighted by Crippen LogP contribution is -2.34. The van der Waals surface area contributed by atoms with Crippen molar-refractivity contribution < 1.29 is 14.5 Å². The lowest BCUT2D eigenvalue weighted by Gasteiger charge is -2.11. The number of nitrogens with one attached hydrogen (secondary N) is 3. The minimum absolute atomic E-state index is 0.0521. The minimum Gasteiger partial charge on any atom is -0.332 e. The van der Waals surface area contributed by atoms with Gasteiger partial charge >= 0.3 is 0 Å². The van der Waals surface area contributed by atoms with Crippen LogP contribution < -0.4 is 16.0 Å². The van der Waals surface area contributed by atoms with E-state index in [1.165, 1.54) is 25.1 Å². The molecule has 0 aliphatic carbocycles. The normalized spacial score (nSPS) is 10.0. The summed E-state index contributed by atoms with van der Waals surface area (Å²) in [5.41, 5.74) is 1.57. The maximum absolute atomic E-state index is 12.3. The highest BCUT2D eigenvalue weighted by molar-refractivity contribution is 7.80. The first kappa shape index (κ1) is 20.0. The van der Waals surface area contributed by atoms with Crippen LogP contribution in [-0.4, -0.2) is 21.9 Å². The van der Waals surface area contributed by atoms with E-state index >= 15 is 0 Å². The molecular formula is C18H18N4O4S. The van der Waals surface area contributed by atoms with Gasteiger partial charge in [0.25, 0.3) is 11.6 Å². The Morgan fingerprint density at radius 3 is 2.22 bits per heavy atom. The van der Waals surface area contributed by atoms with Gasteiger partial charge in [-0.15, -0.1) is 0 Å². The Hall–Kier alpha value is -3.33. The lowest BCUT2D eigenvalue weighted by atomic mass is 10.1. The van der Waals surface area contributed by atoms with Crippen molar-refractivity contribution in [2.24, 2.45) is 0 Å². The average molecular weight is 386 g/mol. The Labute approximate surface area is 161 Å². The van der Waals surface area contributed by atoms with Crippen LogP contribution in [0, 0.1) is 17.0 Å². The maximum atomic E-state index is 12.3. The van der Waals surface area contributed by atoms with Crippen molar-refractivity contribution in [2.75, 3.05) is 10.6 Å². The van der Waals surface area contributed by atoms with Crippen molar-refractivity contribution in [2.45, 2.75) is 20.3 Å². The van der Waals surface area contributed by atoms with Crippen LogP contribution >= 0.6 is 12.2 Å². The smallest absolute Gasteiger partial charge is 0.273 e. The average Bonchev–Trinajstić information content (AvgIpc) is 2.62. The summed E-state index contributed by atoms with van der Waals surface area (Å²) in [6.07, 6.45) is 0.382. The van der Waals surface area contributed by atoms with Gasteiger partial charge < -0.3 is 10.6 Å². The van der Waals surface area contributed by atoms with Crippen LogP contribution in [0.25, 0.3) is 0 Å². The van der Waals surface area contributed by atoms with E-state index in [9.17, 15) is 19.7 Å². The molecule has 0 saturated heterocycles. The number of carbonyl (C=O) groups is 2. The molecule has 2 aromatic rings. The van der Waals surface area contributed by atoms with Gasteiger partial charge in [-0.3, -0.25) is 25.0 Å². The number of amides is 2. The molecule has 2 aromatic carbocycles. The summed E-state index contributed by atoms with van der Waals surface area (Å²) >= 11 is 5.11. The topological polar surface area (TPSA) is 113 Å². The van der Waals surface area contributed by atoms with Gasteiger partial charge in [-0.25, -0.2) is 0 Å². The third kappa shape index (κ3) is 5.32. The zero-order valence-electron chi connectivity index (χ0n) is 14.7. The van der Waals surface area contributed by atoms with Crippen LogP contribution in [0.3, 0.4) is 0 Å². The highest BCUT2D eigenvalue weighted by atomic mass is 32.1. The third-order valence-corrected chi connectivity index (χ3v) is 3.93. The maximum Gasteiger partial charge on any atom is 0.273 e. The number of thiocarbonyl (C=S) groups is 1. The predicted octanol–water partition coefficient (Wildman–Crippen LogP) is 3.38. The van der Waals surface area contributed by atoms with Crippen molar-refractivity contribution in [3.63, 3.8) is 0 Å². The van der Waals surface area contributed by atoms with E-state index in [0.717, 1.165) is 0 Å². The summed E-state index contributed by atoms with van der Waals surface area (Å²) in [6.45, 7) is 3.27. The SMILES string of the molecule is CCC(=O)Nc1ccc(NC(=S)NC(=O)c2cccc([N+](=O)[O-])c2C)cc1. The highest BCUT2D eigenvalue weighted by Crippen LogP contribution is 2.21. The molecule has 140 valence electrons. The van der Waals surface area contributed by atoms with Crippen molar-refractivity contribution in [3.8, 4) is 0 Å². The van der Waals surface area contributed by atoms with Crippen molar-refractivity contribution in [1.82, 2.24) is 5.32 Å². The van der Waals surface area contributed by atoms with Crippen molar-refractivity contribution in [3.05, 3.63) is 63.7 Å². The molecule has 0 aliphatic heterocycles. The molecule has 9 heteroatoms. The molecule has 0 bridgehead atoms. The molecule has 0 heterocycles. The van der Waals surface area contributed by atoms with E-state index < -0.39 is 10.8 Å². The Balaban J connectivity index is 2.01. The first-order valence-electron chi connectivity index (χ1n) is 8.08. The number of benzene rings is 2. The summed E-state index contributed by atoms with van der Waals surface area (Å²) in [5.74, 6) is -0.633. The molecule has 0 aromatic heterocycles. The number of hydrogen-bond acceptors (Lipinski definition) is 5. The molecule has 0 radical (unpaired) electrons. The second kappa shape index (κ2) is 8.86. The van der Waals surface area contributed by atoms with Crippen LogP contribution in [0.1, 0.15) is 29.3 Å². The summed E-state index contributed by atoms with van der Waals surface area (Å²) < 4.78 is 0. The van der Waals surface area contributed by atoms with E-state index in [-0.39, 0.29) is 27.8 Å². The molecule has 8 nitrogen and oxygen atoms in total. The number of rotatable bonds is 5. The van der Waals surface area contributed by atoms with E-state index in [2.05, 4.69) is 16.0 Å². The second-order valence-corrected chi connectivity index (χ2v) is 6.00. The molecule has 27 heavy (non-hydrogen) atoms. The summed E-state index contributed by atoms with van der Waals surface area (Å²) in [4.78, 5) is 34.1. The largest absolute Gasteiger partial charge is 0.332 e.